The second-order valence-corrected chi connectivity index (χ2v) is 0.247. The van der Waals surface area contributed by atoms with Crippen LogP contribution < -0.4 is 4.70 Å². The summed E-state index contributed by atoms with van der Waals surface area (Å²) in [5.41, 5.74) is 0. The van der Waals surface area contributed by atoms with Crippen LogP contribution in [0.15, 0.2) is 0 Å². The summed E-state index contributed by atoms with van der Waals surface area (Å²) >= 11 is 0. The smallest absolute Gasteiger partial charge is 1.00 e. The number of halogens is 4. The summed E-state index contributed by atoms with van der Waals surface area (Å²) in [7, 11) is -3.67. The minimum atomic E-state index is -3.67. The van der Waals surface area contributed by atoms with Crippen molar-refractivity contribution in [3.63, 3.8) is 0 Å². The van der Waals surface area contributed by atoms with Gasteiger partial charge in [0.1, 0.15) is 0 Å². The van der Waals surface area contributed by atoms with Crippen LogP contribution in [0.1, 0.15) is 0 Å². The number of hydrogen-bond donors (Lipinski definition) is 0. The van der Waals surface area contributed by atoms with Crippen molar-refractivity contribution < 1.29 is 34.7 Å². The van der Waals surface area contributed by atoms with Gasteiger partial charge in [-0.2, -0.15) is 0 Å². The molecule has 6 heavy (non-hydrogen) atoms. The standard InChI is InChI=1S/BF3.Cu.FH/c2-1(3)4;;/h;;1H/q;+1;/p-1. The van der Waals surface area contributed by atoms with E-state index in [1.54, 1.807) is 0 Å². The maximum Gasteiger partial charge on any atom is 1.00 e. The average molecular weight is 150 g/mol. The third-order valence-corrected chi connectivity index (χ3v) is 0. The Morgan fingerprint density at radius 2 is 1.00 bits per heavy atom. The zero-order chi connectivity index (χ0) is 3.58. The molecule has 0 aliphatic heterocycles. The molecule has 0 aromatic carbocycles. The molecule has 0 aliphatic carbocycles. The van der Waals surface area contributed by atoms with Crippen LogP contribution in [0.4, 0.5) is 12.9 Å². The molecule has 0 heterocycles. The molecule has 0 nitrogen and oxygen atoms in total. The van der Waals surface area contributed by atoms with Crippen molar-refractivity contribution in [3.8, 4) is 0 Å². The van der Waals surface area contributed by atoms with Gasteiger partial charge in [-0.1, -0.05) is 0 Å². The van der Waals surface area contributed by atoms with E-state index in [-0.39, 0.29) is 21.8 Å². The SMILES string of the molecule is FB(F)F.[Cu+].[F-]. The summed E-state index contributed by atoms with van der Waals surface area (Å²) in [6.45, 7) is 0. The van der Waals surface area contributed by atoms with Gasteiger partial charge in [-0.15, -0.1) is 0 Å². The fraction of sp³-hybridized carbons (Fsp3) is 0. The fourth-order valence-corrected chi connectivity index (χ4v) is 0. The van der Waals surface area contributed by atoms with Gasteiger partial charge in [0.2, 0.25) is 0 Å². The maximum atomic E-state index is 9.67. The van der Waals surface area contributed by atoms with Gasteiger partial charge in [-0.3, -0.25) is 12.9 Å². The summed E-state index contributed by atoms with van der Waals surface area (Å²) < 4.78 is 29.0. The topological polar surface area (TPSA) is 0 Å². The molecule has 0 atom stereocenters. The quantitative estimate of drug-likeness (QED) is 0.274. The van der Waals surface area contributed by atoms with Crippen LogP contribution in [0.3, 0.4) is 0 Å². The van der Waals surface area contributed by atoms with E-state index < -0.39 is 7.54 Å². The minimum absolute atomic E-state index is 0. The van der Waals surface area contributed by atoms with Gasteiger partial charge in [0.15, 0.2) is 0 Å². The van der Waals surface area contributed by atoms with E-state index in [0.29, 0.717) is 0 Å². The van der Waals surface area contributed by atoms with E-state index >= 15 is 0 Å². The van der Waals surface area contributed by atoms with Gasteiger partial charge in [-0.05, 0) is 0 Å². The van der Waals surface area contributed by atoms with Crippen LogP contribution in [0, 0.1) is 0 Å². The summed E-state index contributed by atoms with van der Waals surface area (Å²) in [6, 6.07) is 0. The van der Waals surface area contributed by atoms with Crippen LogP contribution in [0.5, 0.6) is 0 Å². The van der Waals surface area contributed by atoms with Crippen molar-refractivity contribution in [1.82, 2.24) is 0 Å². The first kappa shape index (κ1) is 16.2. The molecule has 0 aromatic heterocycles. The van der Waals surface area contributed by atoms with Crippen LogP contribution >= 0.6 is 0 Å². The van der Waals surface area contributed by atoms with E-state index in [4.69, 9.17) is 0 Å². The van der Waals surface area contributed by atoms with Crippen molar-refractivity contribution >= 4 is 7.54 Å². The van der Waals surface area contributed by atoms with Crippen molar-refractivity contribution in [2.45, 2.75) is 0 Å². The summed E-state index contributed by atoms with van der Waals surface area (Å²) in [5.74, 6) is 0. The molecule has 0 saturated heterocycles. The van der Waals surface area contributed by atoms with Gasteiger partial charge in [0, 0.05) is 0 Å². The molecule has 0 aliphatic rings. The van der Waals surface area contributed by atoms with E-state index in [1.807, 2.05) is 0 Å². The third kappa shape index (κ3) is 507. The molecule has 0 unspecified atom stereocenters. The Labute approximate surface area is 43.2 Å². The molecule has 0 radical (unpaired) electrons. The fourth-order valence-electron chi connectivity index (χ4n) is 0. The molecule has 42 valence electrons. The van der Waals surface area contributed by atoms with Crippen LogP contribution in [0.2, 0.25) is 0 Å². The molecule has 6 heteroatoms. The molecule has 0 aromatic rings. The van der Waals surface area contributed by atoms with Crippen LogP contribution in [0.25, 0.3) is 0 Å². The average Bonchev–Trinajstić information content (AvgIpc) is 0.811. The van der Waals surface area contributed by atoms with E-state index in [1.165, 1.54) is 0 Å². The molecule has 0 N–H and O–H groups in total. The molecule has 0 rings (SSSR count). The molecule has 0 fully saturated rings. The Hall–Kier alpha value is 0.304. The summed E-state index contributed by atoms with van der Waals surface area (Å²) in [5, 5.41) is 0. The predicted octanol–water partition coefficient (Wildman–Crippen LogP) is -2.12. The van der Waals surface area contributed by atoms with Gasteiger partial charge in [0.25, 0.3) is 0 Å². The normalized spacial score (nSPS) is 4.50. The number of rotatable bonds is 0. The molecule has 0 saturated carbocycles. The first-order chi connectivity index (χ1) is 1.73. The van der Waals surface area contributed by atoms with Crippen molar-refractivity contribution in [2.75, 3.05) is 0 Å². The second kappa shape index (κ2) is 9.00. The first-order valence-corrected chi connectivity index (χ1v) is 0.655. The van der Waals surface area contributed by atoms with Crippen LogP contribution in [-0.2, 0) is 17.1 Å². The van der Waals surface area contributed by atoms with Gasteiger partial charge in [0.05, 0.1) is 0 Å². The first-order valence-electron chi connectivity index (χ1n) is 0.655. The molecular weight excluding hydrogens is 150 g/mol. The van der Waals surface area contributed by atoms with Crippen molar-refractivity contribution in [1.29, 1.82) is 0 Å². The molecule has 0 spiro atoms. The van der Waals surface area contributed by atoms with Gasteiger partial charge in [-0.25, -0.2) is 0 Å². The van der Waals surface area contributed by atoms with Crippen LogP contribution in [-0.4, -0.2) is 7.54 Å². The Kier molecular flexibility index (Phi) is 24.4. The van der Waals surface area contributed by atoms with Gasteiger partial charge < -0.3 is 4.70 Å². The second-order valence-electron chi connectivity index (χ2n) is 0.247. The van der Waals surface area contributed by atoms with E-state index in [2.05, 4.69) is 0 Å². The Bertz CT molecular complexity index is 12.3. The van der Waals surface area contributed by atoms with Crippen molar-refractivity contribution in [2.24, 2.45) is 0 Å². The van der Waals surface area contributed by atoms with E-state index in [0.717, 1.165) is 0 Å². The Morgan fingerprint density at radius 1 is 1.00 bits per heavy atom. The zero-order valence-electron chi connectivity index (χ0n) is 2.39. The maximum absolute atomic E-state index is 9.67. The summed E-state index contributed by atoms with van der Waals surface area (Å²) in [6.07, 6.45) is 0. The predicted molar refractivity (Wildman–Crippen MR) is 9.08 cm³/mol. The monoisotopic (exact) mass is 150 g/mol. The largest absolute Gasteiger partial charge is 1.00 e. The van der Waals surface area contributed by atoms with E-state index in [9.17, 15) is 12.9 Å². The Morgan fingerprint density at radius 3 is 1.00 bits per heavy atom. The Balaban J connectivity index is -0.0000000450. The summed E-state index contributed by atoms with van der Waals surface area (Å²) in [4.78, 5) is 0. The number of hydrogen-bond acceptors (Lipinski definition) is 0. The minimum Gasteiger partial charge on any atom is -1.00 e. The molecular formula is BCuF4. The molecule has 0 amide bonds. The molecule has 0 bridgehead atoms. The third-order valence-electron chi connectivity index (χ3n) is 0. The zero-order valence-corrected chi connectivity index (χ0v) is 3.33. The van der Waals surface area contributed by atoms with Gasteiger partial charge >= 0.3 is 24.6 Å². The van der Waals surface area contributed by atoms with Crippen molar-refractivity contribution in [3.05, 3.63) is 0 Å².